The van der Waals surface area contributed by atoms with E-state index in [1.165, 1.54) is 0 Å². The Morgan fingerprint density at radius 1 is 1.06 bits per heavy atom. The zero-order valence-corrected chi connectivity index (χ0v) is 10.0. The predicted octanol–water partition coefficient (Wildman–Crippen LogP) is 5.10. The Hall–Kier alpha value is -1.24. The molecule has 16 heavy (non-hydrogen) atoms. The molecule has 1 radical (unpaired) electrons. The first-order chi connectivity index (χ1) is 7.69. The van der Waals surface area contributed by atoms with E-state index in [1.807, 2.05) is 36.4 Å². The monoisotopic (exact) mass is 247 g/mol. The van der Waals surface area contributed by atoms with Gasteiger partial charge in [-0.1, -0.05) is 48.0 Å². The van der Waals surface area contributed by atoms with Gasteiger partial charge in [0.25, 0.3) is 0 Å². The van der Waals surface area contributed by atoms with Crippen LogP contribution in [0.2, 0.25) is 10.0 Å². The summed E-state index contributed by atoms with van der Waals surface area (Å²) in [6, 6.07) is 14.5. The molecule has 0 aliphatic heterocycles. The van der Waals surface area contributed by atoms with Gasteiger partial charge in [-0.15, -0.1) is 0 Å². The first-order valence-electron chi connectivity index (χ1n) is 4.80. The Labute approximate surface area is 105 Å². The molecule has 2 rings (SSSR count). The highest BCUT2D eigenvalue weighted by Crippen LogP contribution is 2.26. The molecule has 0 fully saturated rings. The minimum Gasteiger partial charge on any atom is -0.0984 e. The van der Waals surface area contributed by atoms with Crippen molar-refractivity contribution in [2.24, 2.45) is 0 Å². The van der Waals surface area contributed by atoms with Gasteiger partial charge in [-0.25, -0.2) is 0 Å². The van der Waals surface area contributed by atoms with Gasteiger partial charge in [0, 0.05) is 16.1 Å². The van der Waals surface area contributed by atoms with E-state index in [1.54, 1.807) is 6.08 Å². The smallest absolute Gasteiger partial charge is 0.0497 e. The third kappa shape index (κ3) is 2.46. The molecular formula is C14H9Cl2. The lowest BCUT2D eigenvalue weighted by Crippen LogP contribution is -1.81. The molecule has 0 bridgehead atoms. The molecule has 0 unspecified atom stereocenters. The van der Waals surface area contributed by atoms with Crippen LogP contribution in [-0.2, 0) is 0 Å². The summed E-state index contributed by atoms with van der Waals surface area (Å²) in [5.74, 6) is 0. The summed E-state index contributed by atoms with van der Waals surface area (Å²) >= 11 is 11.9. The summed E-state index contributed by atoms with van der Waals surface area (Å²) in [6.07, 6.45) is 1.72. The molecule has 2 heteroatoms. The molecule has 2 aromatic carbocycles. The van der Waals surface area contributed by atoms with Crippen LogP contribution in [0.3, 0.4) is 0 Å². The van der Waals surface area contributed by atoms with Crippen LogP contribution in [0.4, 0.5) is 0 Å². The van der Waals surface area contributed by atoms with E-state index in [9.17, 15) is 0 Å². The Kier molecular flexibility index (Phi) is 3.33. The van der Waals surface area contributed by atoms with Crippen LogP contribution in [0.25, 0.3) is 17.2 Å². The van der Waals surface area contributed by atoms with Gasteiger partial charge in [-0.05, 0) is 41.0 Å². The van der Waals surface area contributed by atoms with Crippen LogP contribution >= 0.6 is 23.2 Å². The van der Waals surface area contributed by atoms with Gasteiger partial charge >= 0.3 is 0 Å². The highest BCUT2D eigenvalue weighted by atomic mass is 35.5. The molecule has 0 aromatic heterocycles. The second-order valence-electron chi connectivity index (χ2n) is 3.39. The maximum atomic E-state index is 5.98. The number of benzene rings is 2. The van der Waals surface area contributed by atoms with E-state index in [4.69, 9.17) is 23.2 Å². The van der Waals surface area contributed by atoms with Crippen LogP contribution < -0.4 is 0 Å². The van der Waals surface area contributed by atoms with Gasteiger partial charge in [0.2, 0.25) is 0 Å². The van der Waals surface area contributed by atoms with Gasteiger partial charge in [-0.3, -0.25) is 0 Å². The quantitative estimate of drug-likeness (QED) is 0.693. The summed E-state index contributed by atoms with van der Waals surface area (Å²) in [6.45, 7) is 3.71. The van der Waals surface area contributed by atoms with Crippen molar-refractivity contribution < 1.29 is 0 Å². The van der Waals surface area contributed by atoms with Crippen LogP contribution in [0, 0.1) is 6.07 Å². The second-order valence-corrected chi connectivity index (χ2v) is 4.23. The van der Waals surface area contributed by atoms with Crippen LogP contribution in [0.15, 0.2) is 43.0 Å². The average Bonchev–Trinajstić information content (AvgIpc) is 2.28. The average molecular weight is 248 g/mol. The minimum atomic E-state index is 0.576. The SMILES string of the molecule is C=Cc1[c]c(Cl)cc(-c2cccc(Cl)c2)c1. The number of halogens is 2. The lowest BCUT2D eigenvalue weighted by atomic mass is 10.0. The van der Waals surface area contributed by atoms with Crippen molar-refractivity contribution in [3.8, 4) is 11.1 Å². The van der Waals surface area contributed by atoms with Crippen molar-refractivity contribution in [2.45, 2.75) is 0 Å². The first kappa shape index (κ1) is 11.3. The van der Waals surface area contributed by atoms with Crippen LogP contribution in [-0.4, -0.2) is 0 Å². The highest BCUT2D eigenvalue weighted by Gasteiger charge is 2.01. The molecule has 0 saturated heterocycles. The van der Waals surface area contributed by atoms with Gasteiger partial charge in [-0.2, -0.15) is 0 Å². The fourth-order valence-electron chi connectivity index (χ4n) is 1.50. The Bertz CT molecular complexity index is 530. The largest absolute Gasteiger partial charge is 0.0984 e. The van der Waals surface area contributed by atoms with Crippen molar-refractivity contribution in [3.63, 3.8) is 0 Å². The molecule has 0 aliphatic rings. The fraction of sp³-hybridized carbons (Fsp3) is 0. The Morgan fingerprint density at radius 2 is 1.88 bits per heavy atom. The number of hydrogen-bond acceptors (Lipinski definition) is 0. The number of hydrogen-bond donors (Lipinski definition) is 0. The Morgan fingerprint density at radius 3 is 2.56 bits per heavy atom. The third-order valence-electron chi connectivity index (χ3n) is 2.23. The zero-order chi connectivity index (χ0) is 11.5. The molecule has 0 heterocycles. The molecule has 0 atom stereocenters. The second kappa shape index (κ2) is 4.73. The van der Waals surface area contributed by atoms with Gasteiger partial charge < -0.3 is 0 Å². The third-order valence-corrected chi connectivity index (χ3v) is 2.67. The minimum absolute atomic E-state index is 0.576. The van der Waals surface area contributed by atoms with Gasteiger partial charge in [0.05, 0.1) is 0 Å². The maximum absolute atomic E-state index is 5.98. The standard InChI is InChI=1S/C14H9Cl2/c1-2-10-6-12(9-14(16)7-10)11-4-3-5-13(15)8-11/h2-6,8-9H,1H2. The summed E-state index contributed by atoms with van der Waals surface area (Å²) < 4.78 is 0. The molecular weight excluding hydrogens is 239 g/mol. The van der Waals surface area contributed by atoms with E-state index in [0.29, 0.717) is 10.0 Å². The van der Waals surface area contributed by atoms with E-state index < -0.39 is 0 Å². The topological polar surface area (TPSA) is 0 Å². The summed E-state index contributed by atoms with van der Waals surface area (Å²) in [7, 11) is 0. The zero-order valence-electron chi connectivity index (χ0n) is 8.50. The molecule has 0 N–H and O–H groups in total. The van der Waals surface area contributed by atoms with Crippen LogP contribution in [0.5, 0.6) is 0 Å². The summed E-state index contributed by atoms with van der Waals surface area (Å²) in [4.78, 5) is 0. The van der Waals surface area contributed by atoms with Gasteiger partial charge in [0.15, 0.2) is 0 Å². The van der Waals surface area contributed by atoms with Crippen molar-refractivity contribution in [1.29, 1.82) is 0 Å². The molecule has 2 aromatic rings. The van der Waals surface area contributed by atoms with Crippen molar-refractivity contribution in [2.75, 3.05) is 0 Å². The van der Waals surface area contributed by atoms with E-state index >= 15 is 0 Å². The van der Waals surface area contributed by atoms with Crippen molar-refractivity contribution >= 4 is 29.3 Å². The fourth-order valence-corrected chi connectivity index (χ4v) is 1.92. The molecule has 0 aliphatic carbocycles. The van der Waals surface area contributed by atoms with Crippen molar-refractivity contribution in [3.05, 3.63) is 64.7 Å². The normalized spacial score (nSPS) is 10.1. The van der Waals surface area contributed by atoms with Gasteiger partial charge in [0.1, 0.15) is 0 Å². The summed E-state index contributed by atoms with van der Waals surface area (Å²) in [5.41, 5.74) is 2.93. The van der Waals surface area contributed by atoms with E-state index in [0.717, 1.165) is 16.7 Å². The van der Waals surface area contributed by atoms with Crippen molar-refractivity contribution in [1.82, 2.24) is 0 Å². The molecule has 79 valence electrons. The molecule has 0 spiro atoms. The number of rotatable bonds is 2. The molecule has 0 amide bonds. The lowest BCUT2D eigenvalue weighted by molar-refractivity contribution is 1.59. The highest BCUT2D eigenvalue weighted by molar-refractivity contribution is 6.31. The van der Waals surface area contributed by atoms with E-state index in [-0.39, 0.29) is 0 Å². The van der Waals surface area contributed by atoms with Crippen LogP contribution in [0.1, 0.15) is 5.56 Å². The Balaban J connectivity index is 2.55. The van der Waals surface area contributed by atoms with E-state index in [2.05, 4.69) is 12.6 Å². The molecule has 0 nitrogen and oxygen atoms in total. The first-order valence-corrected chi connectivity index (χ1v) is 5.56. The molecule has 0 saturated carbocycles. The summed E-state index contributed by atoms with van der Waals surface area (Å²) in [5, 5.41) is 1.29. The predicted molar refractivity (Wildman–Crippen MR) is 70.8 cm³/mol. The lowest BCUT2D eigenvalue weighted by Gasteiger charge is -2.04. The maximum Gasteiger partial charge on any atom is 0.0497 e.